The fourth-order valence-corrected chi connectivity index (χ4v) is 2.60. The number of aryl methyl sites for hydroxylation is 1. The van der Waals surface area contributed by atoms with Gasteiger partial charge in [-0.15, -0.1) is 0 Å². The van der Waals surface area contributed by atoms with Gasteiger partial charge in [0, 0.05) is 20.1 Å². The predicted molar refractivity (Wildman–Crippen MR) is 103 cm³/mol. The van der Waals surface area contributed by atoms with Crippen LogP contribution in [0.25, 0.3) is 0 Å². The van der Waals surface area contributed by atoms with Crippen LogP contribution in [0.15, 0.2) is 48.5 Å². The highest BCUT2D eigenvalue weighted by Gasteiger charge is 2.15. The first kappa shape index (κ1) is 19.6. The first-order chi connectivity index (χ1) is 12.6. The average Bonchev–Trinajstić information content (AvgIpc) is 2.69. The van der Waals surface area contributed by atoms with Crippen LogP contribution in [0.5, 0.6) is 0 Å². The second-order valence-electron chi connectivity index (χ2n) is 6.33. The number of rotatable bonds is 9. The molecule has 2 rings (SSSR count). The van der Waals surface area contributed by atoms with Crippen molar-refractivity contribution in [2.45, 2.75) is 32.6 Å². The molecule has 1 heterocycles. The Morgan fingerprint density at radius 2 is 1.73 bits per heavy atom. The lowest BCUT2D eigenvalue weighted by Crippen LogP contribution is -2.30. The zero-order valence-corrected chi connectivity index (χ0v) is 15.6. The Hall–Kier alpha value is -2.69. The fraction of sp³-hybridized carbons (Fsp3) is 0.381. The lowest BCUT2D eigenvalue weighted by Gasteiger charge is -2.16. The van der Waals surface area contributed by atoms with Crippen LogP contribution in [0.3, 0.4) is 0 Å². The van der Waals surface area contributed by atoms with Gasteiger partial charge in [0.2, 0.25) is 0 Å². The van der Waals surface area contributed by atoms with Gasteiger partial charge in [0.05, 0.1) is 0 Å². The SMILES string of the molecule is CCCCN(C)C(=O)c1cccc(C(=O)NCCCc2ccccc2)n1. The number of amides is 2. The van der Waals surface area contributed by atoms with Crippen LogP contribution in [0.2, 0.25) is 0 Å². The van der Waals surface area contributed by atoms with Crippen LogP contribution >= 0.6 is 0 Å². The number of benzene rings is 1. The van der Waals surface area contributed by atoms with E-state index in [-0.39, 0.29) is 17.5 Å². The number of hydrogen-bond acceptors (Lipinski definition) is 3. The van der Waals surface area contributed by atoms with Crippen molar-refractivity contribution < 1.29 is 9.59 Å². The van der Waals surface area contributed by atoms with Crippen molar-refractivity contribution in [3.05, 3.63) is 65.5 Å². The van der Waals surface area contributed by atoms with Crippen molar-refractivity contribution in [2.24, 2.45) is 0 Å². The monoisotopic (exact) mass is 353 g/mol. The van der Waals surface area contributed by atoms with Gasteiger partial charge < -0.3 is 10.2 Å². The summed E-state index contributed by atoms with van der Waals surface area (Å²) >= 11 is 0. The van der Waals surface area contributed by atoms with E-state index < -0.39 is 0 Å². The van der Waals surface area contributed by atoms with Gasteiger partial charge in [0.1, 0.15) is 11.4 Å². The number of unbranched alkanes of at least 4 members (excludes halogenated alkanes) is 1. The molecule has 0 saturated heterocycles. The highest BCUT2D eigenvalue weighted by molar-refractivity contribution is 5.96. The molecule has 1 aromatic carbocycles. The molecule has 2 aromatic rings. The van der Waals surface area contributed by atoms with Gasteiger partial charge in [-0.1, -0.05) is 49.7 Å². The molecular weight excluding hydrogens is 326 g/mol. The third-order valence-electron chi connectivity index (χ3n) is 4.17. The Kier molecular flexibility index (Phi) is 7.80. The van der Waals surface area contributed by atoms with Crippen molar-refractivity contribution >= 4 is 11.8 Å². The van der Waals surface area contributed by atoms with Crippen LogP contribution in [-0.2, 0) is 6.42 Å². The molecular formula is C21H27N3O2. The zero-order chi connectivity index (χ0) is 18.8. The molecule has 0 atom stereocenters. The van der Waals surface area contributed by atoms with Gasteiger partial charge in [-0.25, -0.2) is 4.98 Å². The summed E-state index contributed by atoms with van der Waals surface area (Å²) in [6.07, 6.45) is 3.74. The molecule has 1 N–H and O–H groups in total. The second kappa shape index (κ2) is 10.3. The Morgan fingerprint density at radius 3 is 2.46 bits per heavy atom. The smallest absolute Gasteiger partial charge is 0.272 e. The minimum atomic E-state index is -0.246. The molecule has 0 saturated carbocycles. The van der Waals surface area contributed by atoms with E-state index in [0.717, 1.165) is 25.7 Å². The molecule has 2 amide bonds. The lowest BCUT2D eigenvalue weighted by atomic mass is 10.1. The number of carbonyl (C=O) groups excluding carboxylic acids is 2. The molecule has 5 nitrogen and oxygen atoms in total. The normalized spacial score (nSPS) is 10.4. The summed E-state index contributed by atoms with van der Waals surface area (Å²) in [4.78, 5) is 30.5. The van der Waals surface area contributed by atoms with Crippen molar-refractivity contribution in [3.63, 3.8) is 0 Å². The number of nitrogens with zero attached hydrogens (tertiary/aromatic N) is 2. The maximum atomic E-state index is 12.4. The van der Waals surface area contributed by atoms with Crippen LogP contribution in [0.1, 0.15) is 52.7 Å². The molecule has 0 unspecified atom stereocenters. The maximum Gasteiger partial charge on any atom is 0.272 e. The second-order valence-corrected chi connectivity index (χ2v) is 6.33. The Balaban J connectivity index is 1.86. The standard InChI is InChI=1S/C21H27N3O2/c1-3-4-16-24(2)21(26)19-14-8-13-18(23-19)20(25)22-15-9-12-17-10-6-5-7-11-17/h5-8,10-11,13-14H,3-4,9,12,15-16H2,1-2H3,(H,22,25). The summed E-state index contributed by atoms with van der Waals surface area (Å²) in [5.41, 5.74) is 1.84. The number of pyridine rings is 1. The molecule has 0 spiro atoms. The van der Waals surface area contributed by atoms with Crippen molar-refractivity contribution in [3.8, 4) is 0 Å². The van der Waals surface area contributed by atoms with Gasteiger partial charge >= 0.3 is 0 Å². The molecule has 5 heteroatoms. The van der Waals surface area contributed by atoms with Gasteiger partial charge in [-0.3, -0.25) is 9.59 Å². The van der Waals surface area contributed by atoms with Crippen molar-refractivity contribution in [1.29, 1.82) is 0 Å². The topological polar surface area (TPSA) is 62.3 Å². The molecule has 0 aliphatic heterocycles. The molecule has 0 fully saturated rings. The van der Waals surface area contributed by atoms with Crippen LogP contribution < -0.4 is 5.32 Å². The summed E-state index contributed by atoms with van der Waals surface area (Å²) in [6.45, 7) is 3.34. The van der Waals surface area contributed by atoms with Crippen molar-refractivity contribution in [2.75, 3.05) is 20.1 Å². The number of hydrogen-bond donors (Lipinski definition) is 1. The number of carbonyl (C=O) groups is 2. The summed E-state index contributed by atoms with van der Waals surface area (Å²) < 4.78 is 0. The summed E-state index contributed by atoms with van der Waals surface area (Å²) in [5, 5.41) is 2.87. The lowest BCUT2D eigenvalue weighted by molar-refractivity contribution is 0.0787. The minimum Gasteiger partial charge on any atom is -0.351 e. The van der Waals surface area contributed by atoms with Crippen LogP contribution in [-0.4, -0.2) is 41.8 Å². The summed E-state index contributed by atoms with van der Waals surface area (Å²) in [7, 11) is 1.76. The summed E-state index contributed by atoms with van der Waals surface area (Å²) in [5.74, 6) is -0.402. The van der Waals surface area contributed by atoms with E-state index in [0.29, 0.717) is 18.8 Å². The largest absolute Gasteiger partial charge is 0.351 e. The molecule has 0 radical (unpaired) electrons. The third kappa shape index (κ3) is 5.99. The van der Waals surface area contributed by atoms with Crippen LogP contribution in [0.4, 0.5) is 0 Å². The van der Waals surface area contributed by atoms with E-state index in [1.54, 1.807) is 30.1 Å². The van der Waals surface area contributed by atoms with E-state index >= 15 is 0 Å². The predicted octanol–water partition coefficient (Wildman–Crippen LogP) is 3.32. The Labute approximate surface area is 155 Å². The highest BCUT2D eigenvalue weighted by Crippen LogP contribution is 2.05. The molecule has 0 aliphatic carbocycles. The first-order valence-electron chi connectivity index (χ1n) is 9.16. The van der Waals surface area contributed by atoms with E-state index in [2.05, 4.69) is 29.4 Å². The van der Waals surface area contributed by atoms with E-state index in [4.69, 9.17) is 0 Å². The van der Waals surface area contributed by atoms with E-state index in [9.17, 15) is 9.59 Å². The number of aromatic nitrogens is 1. The number of nitrogens with one attached hydrogen (secondary N) is 1. The zero-order valence-electron chi connectivity index (χ0n) is 15.6. The van der Waals surface area contributed by atoms with E-state index in [1.165, 1.54) is 5.56 Å². The van der Waals surface area contributed by atoms with Gasteiger partial charge in [-0.2, -0.15) is 0 Å². The quantitative estimate of drug-likeness (QED) is 0.704. The molecule has 1 aromatic heterocycles. The van der Waals surface area contributed by atoms with Gasteiger partial charge in [-0.05, 0) is 37.0 Å². The maximum absolute atomic E-state index is 12.4. The summed E-state index contributed by atoms with van der Waals surface area (Å²) in [6, 6.07) is 15.2. The first-order valence-corrected chi connectivity index (χ1v) is 9.16. The fourth-order valence-electron chi connectivity index (χ4n) is 2.60. The van der Waals surface area contributed by atoms with E-state index in [1.807, 2.05) is 18.2 Å². The average molecular weight is 353 g/mol. The van der Waals surface area contributed by atoms with Gasteiger partial charge in [0.25, 0.3) is 11.8 Å². The van der Waals surface area contributed by atoms with Gasteiger partial charge in [0.15, 0.2) is 0 Å². The highest BCUT2D eigenvalue weighted by atomic mass is 16.2. The Morgan fingerprint density at radius 1 is 1.00 bits per heavy atom. The minimum absolute atomic E-state index is 0.155. The van der Waals surface area contributed by atoms with Crippen LogP contribution in [0, 0.1) is 0 Å². The molecule has 26 heavy (non-hydrogen) atoms. The molecule has 0 aliphatic rings. The molecule has 0 bridgehead atoms. The Bertz CT molecular complexity index is 716. The third-order valence-corrected chi connectivity index (χ3v) is 4.17. The van der Waals surface area contributed by atoms with Crippen molar-refractivity contribution in [1.82, 2.24) is 15.2 Å². The molecule has 138 valence electrons.